The molecule has 1 aromatic rings. The molecule has 0 heterocycles. The average molecular weight is 263 g/mol. The van der Waals surface area contributed by atoms with E-state index < -0.39 is 15.2 Å². The molecule has 93 valence electrons. The van der Waals surface area contributed by atoms with Gasteiger partial charge in [-0.05, 0) is 32.0 Å². The summed E-state index contributed by atoms with van der Waals surface area (Å²) < 4.78 is 0. The molecule has 0 saturated carbocycles. The van der Waals surface area contributed by atoms with Crippen LogP contribution in [-0.2, 0) is 0 Å². The van der Waals surface area contributed by atoms with E-state index in [9.17, 15) is 0 Å². The quantitative estimate of drug-likeness (QED) is 0.567. The highest BCUT2D eigenvalue weighted by atomic mass is 31.2. The van der Waals surface area contributed by atoms with Gasteiger partial charge in [-0.1, -0.05) is 37.8 Å². The standard InChI is InChI=1S/C14H25BPSi/c1-14(2,3)16(4,15)12-10-8-9-11-13(12)17(5,6)7/h8-11H,1-7H3. The van der Waals surface area contributed by atoms with E-state index in [1.807, 2.05) is 0 Å². The van der Waals surface area contributed by atoms with Crippen LogP contribution >= 0.6 is 7.14 Å². The van der Waals surface area contributed by atoms with Gasteiger partial charge in [-0.2, -0.15) is 0 Å². The SMILES string of the molecule is [B-][P+](C)(c1ccccc1[Si](C)(C)C)C(C)(C)C. The third kappa shape index (κ3) is 3.03. The van der Waals surface area contributed by atoms with Crippen LogP contribution in [0.3, 0.4) is 0 Å². The van der Waals surface area contributed by atoms with Crippen LogP contribution in [0.2, 0.25) is 19.6 Å². The summed E-state index contributed by atoms with van der Waals surface area (Å²) in [6.07, 6.45) is 0. The first-order valence-corrected chi connectivity index (χ1v) is 12.0. The van der Waals surface area contributed by atoms with Crippen molar-refractivity contribution in [1.82, 2.24) is 0 Å². The van der Waals surface area contributed by atoms with Gasteiger partial charge in [0.2, 0.25) is 0 Å². The summed E-state index contributed by atoms with van der Waals surface area (Å²) in [5, 5.41) is 3.14. The van der Waals surface area contributed by atoms with Crippen molar-refractivity contribution in [3.05, 3.63) is 24.3 Å². The van der Waals surface area contributed by atoms with Gasteiger partial charge in [-0.3, -0.25) is 7.57 Å². The Bertz CT molecular complexity index is 399. The predicted molar refractivity (Wildman–Crippen MR) is 87.4 cm³/mol. The lowest BCUT2D eigenvalue weighted by Crippen LogP contribution is -2.49. The Labute approximate surface area is 110 Å². The first kappa shape index (κ1) is 15.0. The fourth-order valence-electron chi connectivity index (χ4n) is 1.87. The number of hydrogen-bond acceptors (Lipinski definition) is 0. The van der Waals surface area contributed by atoms with Crippen molar-refractivity contribution in [3.8, 4) is 0 Å². The summed E-state index contributed by atoms with van der Waals surface area (Å²) in [6, 6.07) is 8.83. The Morgan fingerprint density at radius 2 is 1.53 bits per heavy atom. The largest absolute Gasteiger partial charge is 0.299 e. The molecule has 1 rings (SSSR count). The molecule has 3 heteroatoms. The molecule has 0 aliphatic heterocycles. The van der Waals surface area contributed by atoms with Crippen LogP contribution in [0.5, 0.6) is 0 Å². The van der Waals surface area contributed by atoms with Crippen molar-refractivity contribution in [2.75, 3.05) is 6.66 Å². The highest BCUT2D eigenvalue weighted by molar-refractivity contribution is 8.03. The third-order valence-electron chi connectivity index (χ3n) is 3.61. The van der Waals surface area contributed by atoms with Gasteiger partial charge in [0.1, 0.15) is 0 Å². The minimum absolute atomic E-state index is 0.169. The summed E-state index contributed by atoms with van der Waals surface area (Å²) in [4.78, 5) is 0. The molecule has 0 nitrogen and oxygen atoms in total. The lowest BCUT2D eigenvalue weighted by atomic mass is 10.2. The van der Waals surface area contributed by atoms with Crippen LogP contribution in [0.15, 0.2) is 24.3 Å². The summed E-state index contributed by atoms with van der Waals surface area (Å²) in [5.74, 6) is 0. The van der Waals surface area contributed by atoms with E-state index in [-0.39, 0.29) is 5.16 Å². The van der Waals surface area contributed by atoms with Gasteiger partial charge in [0.05, 0.1) is 8.07 Å². The first-order valence-electron chi connectivity index (χ1n) is 6.23. The lowest BCUT2D eigenvalue weighted by Gasteiger charge is -2.46. The van der Waals surface area contributed by atoms with E-state index in [1.54, 1.807) is 0 Å². The summed E-state index contributed by atoms with van der Waals surface area (Å²) >= 11 is 0. The van der Waals surface area contributed by atoms with E-state index in [0.717, 1.165) is 0 Å². The minimum atomic E-state index is -1.58. The Balaban J connectivity index is 3.43. The van der Waals surface area contributed by atoms with Gasteiger partial charge >= 0.3 is 0 Å². The molecule has 0 N–H and O–H groups in total. The monoisotopic (exact) mass is 263 g/mol. The number of benzene rings is 1. The number of rotatable bonds is 2. The van der Waals surface area contributed by atoms with E-state index in [0.29, 0.717) is 0 Å². The third-order valence-corrected chi connectivity index (χ3v) is 10.0. The zero-order chi connectivity index (χ0) is 13.5. The van der Waals surface area contributed by atoms with E-state index >= 15 is 0 Å². The van der Waals surface area contributed by atoms with Crippen molar-refractivity contribution in [1.29, 1.82) is 0 Å². The predicted octanol–water partition coefficient (Wildman–Crippen LogP) is 3.39. The zero-order valence-electron chi connectivity index (χ0n) is 12.3. The Morgan fingerprint density at radius 1 is 1.06 bits per heavy atom. The average Bonchev–Trinajstić information content (AvgIpc) is 2.14. The second-order valence-corrected chi connectivity index (χ2v) is 16.0. The van der Waals surface area contributed by atoms with Crippen LogP contribution in [-0.4, -0.2) is 27.5 Å². The molecule has 0 aliphatic carbocycles. The highest BCUT2D eigenvalue weighted by Crippen LogP contribution is 2.60. The molecule has 0 fully saturated rings. The first-order chi connectivity index (χ1) is 7.48. The Hall–Kier alpha value is -0.0682. The van der Waals surface area contributed by atoms with E-state index in [1.165, 1.54) is 10.5 Å². The maximum absolute atomic E-state index is 6.75. The number of hydrogen-bond donors (Lipinski definition) is 0. The second-order valence-electron chi connectivity index (χ2n) is 7.01. The normalized spacial score (nSPS) is 16.7. The maximum Gasteiger partial charge on any atom is 0.0825 e. The van der Waals surface area contributed by atoms with E-state index in [2.05, 4.69) is 71.3 Å². The molecule has 0 aromatic heterocycles. The summed E-state index contributed by atoms with van der Waals surface area (Å²) in [7, 11) is 3.85. The smallest absolute Gasteiger partial charge is 0.0825 e. The molecular formula is C14H25BPSi. The molecule has 17 heavy (non-hydrogen) atoms. The van der Waals surface area contributed by atoms with Gasteiger partial charge in [-0.25, -0.2) is 7.14 Å². The molecule has 0 aliphatic rings. The van der Waals surface area contributed by atoms with Crippen LogP contribution in [0.4, 0.5) is 0 Å². The molecule has 1 aromatic carbocycles. The molecule has 1 unspecified atom stereocenters. The van der Waals surface area contributed by atoms with Crippen LogP contribution in [0, 0.1) is 0 Å². The molecule has 0 bridgehead atoms. The van der Waals surface area contributed by atoms with Crippen LogP contribution in [0.25, 0.3) is 0 Å². The summed E-state index contributed by atoms with van der Waals surface area (Å²) in [5.41, 5.74) is 0. The van der Waals surface area contributed by atoms with Gasteiger partial charge in [0.15, 0.2) is 0 Å². The van der Waals surface area contributed by atoms with Crippen molar-refractivity contribution < 1.29 is 0 Å². The van der Waals surface area contributed by atoms with Crippen LogP contribution in [0.1, 0.15) is 20.8 Å². The Kier molecular flexibility index (Phi) is 4.01. The van der Waals surface area contributed by atoms with Crippen molar-refractivity contribution in [2.45, 2.75) is 45.6 Å². The topological polar surface area (TPSA) is 0 Å². The van der Waals surface area contributed by atoms with Crippen molar-refractivity contribution >= 4 is 33.3 Å². The molecule has 0 amide bonds. The van der Waals surface area contributed by atoms with Crippen molar-refractivity contribution in [2.24, 2.45) is 0 Å². The summed E-state index contributed by atoms with van der Waals surface area (Å²) in [6.45, 7) is 16.3. The highest BCUT2D eigenvalue weighted by Gasteiger charge is 2.34. The fraction of sp³-hybridized carbons (Fsp3) is 0.571. The molecule has 0 saturated heterocycles. The second kappa shape index (κ2) is 4.55. The molecule has 3 radical (unpaired) electrons. The van der Waals surface area contributed by atoms with Gasteiger partial charge in [-0.15, -0.1) is 0 Å². The zero-order valence-corrected chi connectivity index (χ0v) is 14.2. The van der Waals surface area contributed by atoms with Gasteiger partial charge in [0, 0.05) is 17.1 Å². The lowest BCUT2D eigenvalue weighted by molar-refractivity contribution is 0.787. The molecule has 1 atom stereocenters. The fourth-order valence-corrected chi connectivity index (χ4v) is 6.72. The molecule has 0 spiro atoms. The minimum Gasteiger partial charge on any atom is -0.299 e. The van der Waals surface area contributed by atoms with Gasteiger partial charge in [0.25, 0.3) is 0 Å². The van der Waals surface area contributed by atoms with E-state index in [4.69, 9.17) is 7.57 Å². The van der Waals surface area contributed by atoms with Crippen LogP contribution < -0.4 is 10.5 Å². The van der Waals surface area contributed by atoms with Crippen molar-refractivity contribution in [3.63, 3.8) is 0 Å². The Morgan fingerprint density at radius 3 is 1.94 bits per heavy atom. The maximum atomic E-state index is 6.75. The molecular weight excluding hydrogens is 238 g/mol. The van der Waals surface area contributed by atoms with Gasteiger partial charge < -0.3 is 0 Å².